The maximum absolute atomic E-state index is 5.64. The number of hydrogen-bond acceptors (Lipinski definition) is 2. The van der Waals surface area contributed by atoms with Crippen LogP contribution >= 0.6 is 15.9 Å². The van der Waals surface area contributed by atoms with Crippen LogP contribution in [0.3, 0.4) is 0 Å². The second-order valence-electron chi connectivity index (χ2n) is 4.34. The summed E-state index contributed by atoms with van der Waals surface area (Å²) < 4.78 is 1.16. The maximum atomic E-state index is 5.64. The van der Waals surface area contributed by atoms with Crippen LogP contribution in [0.1, 0.15) is 36.4 Å². The van der Waals surface area contributed by atoms with Crippen molar-refractivity contribution in [3.8, 4) is 0 Å². The van der Waals surface area contributed by atoms with Crippen molar-refractivity contribution in [1.29, 1.82) is 0 Å². The van der Waals surface area contributed by atoms with E-state index in [0.29, 0.717) is 6.04 Å². The summed E-state index contributed by atoms with van der Waals surface area (Å²) in [5.74, 6) is 6.36. The molecular formula is C12H17BrN2. The first-order valence-corrected chi connectivity index (χ1v) is 6.24. The number of hydrazine groups is 1. The van der Waals surface area contributed by atoms with E-state index in [9.17, 15) is 0 Å². The van der Waals surface area contributed by atoms with Crippen LogP contribution in [0.25, 0.3) is 0 Å². The summed E-state index contributed by atoms with van der Waals surface area (Å²) in [6, 6.07) is 6.80. The van der Waals surface area contributed by atoms with Gasteiger partial charge in [0.05, 0.1) is 0 Å². The Labute approximate surface area is 99.3 Å². The second kappa shape index (κ2) is 4.64. The highest BCUT2D eigenvalue weighted by atomic mass is 79.9. The van der Waals surface area contributed by atoms with Crippen LogP contribution in [0.15, 0.2) is 22.7 Å². The summed E-state index contributed by atoms with van der Waals surface area (Å²) >= 11 is 3.52. The summed E-state index contributed by atoms with van der Waals surface area (Å²) in [5.41, 5.74) is 5.53. The Morgan fingerprint density at radius 2 is 2.20 bits per heavy atom. The van der Waals surface area contributed by atoms with Gasteiger partial charge in [0, 0.05) is 10.5 Å². The van der Waals surface area contributed by atoms with Crippen molar-refractivity contribution in [2.45, 2.75) is 32.2 Å². The van der Waals surface area contributed by atoms with Crippen molar-refractivity contribution in [3.63, 3.8) is 0 Å². The quantitative estimate of drug-likeness (QED) is 0.653. The zero-order chi connectivity index (χ0) is 10.8. The highest BCUT2D eigenvalue weighted by molar-refractivity contribution is 9.10. The molecule has 1 aromatic rings. The molecule has 0 bridgehead atoms. The van der Waals surface area contributed by atoms with Crippen LogP contribution in [0.4, 0.5) is 0 Å². The highest BCUT2D eigenvalue weighted by Crippen LogP contribution is 2.37. The molecule has 1 unspecified atom stereocenters. The zero-order valence-corrected chi connectivity index (χ0v) is 10.5. The van der Waals surface area contributed by atoms with E-state index in [4.69, 9.17) is 5.84 Å². The van der Waals surface area contributed by atoms with Crippen molar-refractivity contribution in [2.75, 3.05) is 0 Å². The molecule has 1 aliphatic carbocycles. The molecule has 0 spiro atoms. The van der Waals surface area contributed by atoms with Crippen molar-refractivity contribution in [1.82, 2.24) is 5.43 Å². The van der Waals surface area contributed by atoms with Crippen molar-refractivity contribution >= 4 is 15.9 Å². The number of hydrogen-bond donors (Lipinski definition) is 2. The van der Waals surface area contributed by atoms with Gasteiger partial charge in [-0.15, -0.1) is 0 Å². The van der Waals surface area contributed by atoms with Crippen LogP contribution in [-0.2, 0) is 0 Å². The average molecular weight is 269 g/mol. The predicted molar refractivity (Wildman–Crippen MR) is 66.3 cm³/mol. The number of nitrogens with one attached hydrogen (secondary N) is 1. The Balaban J connectivity index is 2.21. The molecule has 3 N–H and O–H groups in total. The predicted octanol–water partition coefficient (Wildman–Crippen LogP) is 3.06. The minimum Gasteiger partial charge on any atom is -0.271 e. The SMILES string of the molecule is Cc1cc(C(NN)C2CCC2)ccc1Br. The summed E-state index contributed by atoms with van der Waals surface area (Å²) in [6.07, 6.45) is 3.94. The molecule has 0 heterocycles. The van der Waals surface area contributed by atoms with Gasteiger partial charge in [0.15, 0.2) is 0 Å². The molecule has 0 radical (unpaired) electrons. The number of benzene rings is 1. The van der Waals surface area contributed by atoms with E-state index >= 15 is 0 Å². The second-order valence-corrected chi connectivity index (χ2v) is 5.20. The van der Waals surface area contributed by atoms with E-state index < -0.39 is 0 Å². The molecule has 1 aromatic carbocycles. The molecule has 1 aliphatic rings. The lowest BCUT2D eigenvalue weighted by molar-refractivity contribution is 0.232. The van der Waals surface area contributed by atoms with Crippen LogP contribution < -0.4 is 11.3 Å². The van der Waals surface area contributed by atoms with Gasteiger partial charge in [0.1, 0.15) is 0 Å². The van der Waals surface area contributed by atoms with Crippen LogP contribution in [0.2, 0.25) is 0 Å². The summed E-state index contributed by atoms with van der Waals surface area (Å²) in [7, 11) is 0. The number of halogens is 1. The van der Waals surface area contributed by atoms with Crippen molar-refractivity contribution in [2.24, 2.45) is 11.8 Å². The minimum absolute atomic E-state index is 0.325. The van der Waals surface area contributed by atoms with Gasteiger partial charge in [-0.05, 0) is 42.9 Å². The standard InChI is InChI=1S/C12H17BrN2/c1-8-7-10(5-6-11(8)13)12(15-14)9-3-2-4-9/h5-7,9,12,15H,2-4,14H2,1H3. The Morgan fingerprint density at radius 3 is 2.67 bits per heavy atom. The van der Waals surface area contributed by atoms with Gasteiger partial charge in [0.2, 0.25) is 0 Å². The van der Waals surface area contributed by atoms with Crippen LogP contribution in [0, 0.1) is 12.8 Å². The first-order chi connectivity index (χ1) is 7.22. The third kappa shape index (κ3) is 2.25. The van der Waals surface area contributed by atoms with E-state index in [1.165, 1.54) is 30.4 Å². The van der Waals surface area contributed by atoms with Gasteiger partial charge >= 0.3 is 0 Å². The molecule has 0 saturated heterocycles. The molecule has 3 heteroatoms. The van der Waals surface area contributed by atoms with Gasteiger partial charge in [-0.25, -0.2) is 0 Å². The number of nitrogens with two attached hydrogens (primary N) is 1. The molecule has 1 saturated carbocycles. The van der Waals surface area contributed by atoms with E-state index in [-0.39, 0.29) is 0 Å². The fourth-order valence-electron chi connectivity index (χ4n) is 2.14. The first-order valence-electron chi connectivity index (χ1n) is 5.44. The molecule has 0 aliphatic heterocycles. The molecule has 0 aromatic heterocycles. The fraction of sp³-hybridized carbons (Fsp3) is 0.500. The van der Waals surface area contributed by atoms with E-state index in [2.05, 4.69) is 46.5 Å². The minimum atomic E-state index is 0.325. The first kappa shape index (κ1) is 11.1. The maximum Gasteiger partial charge on any atom is 0.0488 e. The Kier molecular flexibility index (Phi) is 3.44. The van der Waals surface area contributed by atoms with Gasteiger partial charge in [0.25, 0.3) is 0 Å². The van der Waals surface area contributed by atoms with Crippen molar-refractivity contribution < 1.29 is 0 Å². The average Bonchev–Trinajstić information content (AvgIpc) is 2.16. The monoisotopic (exact) mass is 268 g/mol. The molecule has 0 amide bonds. The Hall–Kier alpha value is -0.380. The van der Waals surface area contributed by atoms with E-state index in [0.717, 1.165) is 10.4 Å². The lowest BCUT2D eigenvalue weighted by Gasteiger charge is -2.33. The topological polar surface area (TPSA) is 38.0 Å². The molecular weight excluding hydrogens is 252 g/mol. The van der Waals surface area contributed by atoms with Crippen LogP contribution in [-0.4, -0.2) is 0 Å². The molecule has 2 nitrogen and oxygen atoms in total. The van der Waals surface area contributed by atoms with Gasteiger partial charge < -0.3 is 0 Å². The van der Waals surface area contributed by atoms with Gasteiger partial charge in [-0.1, -0.05) is 34.5 Å². The molecule has 15 heavy (non-hydrogen) atoms. The molecule has 82 valence electrons. The lowest BCUT2D eigenvalue weighted by Crippen LogP contribution is -2.36. The fourth-order valence-corrected chi connectivity index (χ4v) is 2.39. The third-order valence-electron chi connectivity index (χ3n) is 3.34. The largest absolute Gasteiger partial charge is 0.271 e. The smallest absolute Gasteiger partial charge is 0.0488 e. The number of aryl methyl sites for hydroxylation is 1. The summed E-state index contributed by atoms with van der Waals surface area (Å²) in [5, 5.41) is 0. The molecule has 2 rings (SSSR count). The summed E-state index contributed by atoms with van der Waals surface area (Å²) in [6.45, 7) is 2.11. The Bertz CT molecular complexity index is 347. The highest BCUT2D eigenvalue weighted by Gasteiger charge is 2.27. The molecule has 1 fully saturated rings. The normalized spacial score (nSPS) is 18.6. The molecule has 1 atom stereocenters. The van der Waals surface area contributed by atoms with Crippen LogP contribution in [0.5, 0.6) is 0 Å². The lowest BCUT2D eigenvalue weighted by atomic mass is 9.77. The Morgan fingerprint density at radius 1 is 1.47 bits per heavy atom. The summed E-state index contributed by atoms with van der Waals surface area (Å²) in [4.78, 5) is 0. The van der Waals surface area contributed by atoms with Gasteiger partial charge in [-0.2, -0.15) is 0 Å². The number of rotatable bonds is 3. The zero-order valence-electron chi connectivity index (χ0n) is 8.96. The van der Waals surface area contributed by atoms with Gasteiger partial charge in [-0.3, -0.25) is 11.3 Å². The third-order valence-corrected chi connectivity index (χ3v) is 4.23. The van der Waals surface area contributed by atoms with E-state index in [1.54, 1.807) is 0 Å². The van der Waals surface area contributed by atoms with E-state index in [1.807, 2.05) is 0 Å². The van der Waals surface area contributed by atoms with Crippen molar-refractivity contribution in [3.05, 3.63) is 33.8 Å².